The van der Waals surface area contributed by atoms with Crippen LogP contribution in [-0.2, 0) is 19.2 Å². The summed E-state index contributed by atoms with van der Waals surface area (Å²) in [6, 6.07) is 1.04. The van der Waals surface area contributed by atoms with Gasteiger partial charge in [-0.1, -0.05) is 51.8 Å². The number of hydrogen-bond donors (Lipinski definition) is 5. The molecule has 6 rings (SSSR count). The number of hydrogen-bond acceptors (Lipinski definition) is 10. The van der Waals surface area contributed by atoms with Gasteiger partial charge in [0, 0.05) is 47.2 Å². The molecule has 0 bridgehead atoms. The molecular weight excluding hydrogens is 775 g/mol. The second kappa shape index (κ2) is 17.0. The molecule has 2 saturated carbocycles. The maximum atomic E-state index is 14.7. The van der Waals surface area contributed by atoms with Crippen LogP contribution in [0.5, 0.6) is 11.5 Å². The summed E-state index contributed by atoms with van der Waals surface area (Å²) in [7, 11) is 1.59. The molecular formula is C43H55N7O8S. The van der Waals surface area contributed by atoms with Gasteiger partial charge in [0.05, 0.1) is 24.9 Å². The quantitative estimate of drug-likeness (QED) is 0.119. The zero-order valence-electron chi connectivity index (χ0n) is 34.8. The second-order valence-electron chi connectivity index (χ2n) is 17.2. The number of carbonyl (C=O) groups is 5. The van der Waals surface area contributed by atoms with Crippen LogP contribution >= 0.6 is 11.3 Å². The van der Waals surface area contributed by atoms with Crippen molar-refractivity contribution in [2.24, 2.45) is 11.3 Å². The van der Waals surface area contributed by atoms with E-state index in [1.54, 1.807) is 25.5 Å². The number of rotatable bonds is 14. The molecule has 1 aliphatic heterocycles. The fourth-order valence-corrected chi connectivity index (χ4v) is 8.91. The normalized spacial score (nSPS) is 22.0. The maximum Gasteiger partial charge on any atom is 0.330 e. The van der Waals surface area contributed by atoms with Crippen LogP contribution in [0.15, 0.2) is 42.3 Å². The fourth-order valence-electron chi connectivity index (χ4n) is 8.19. The number of pyridine rings is 1. The third-order valence-corrected chi connectivity index (χ3v) is 12.1. The Morgan fingerprint density at radius 3 is 2.44 bits per heavy atom. The summed E-state index contributed by atoms with van der Waals surface area (Å²) in [5, 5.41) is 24.4. The number of fused-ring (bicyclic) bond motifs is 1. The van der Waals surface area contributed by atoms with Gasteiger partial charge in [0.15, 0.2) is 5.13 Å². The molecule has 1 saturated heterocycles. The van der Waals surface area contributed by atoms with Crippen LogP contribution in [0.3, 0.4) is 0 Å². The fraction of sp³-hybridized carbons (Fsp3) is 0.512. The number of anilines is 1. The van der Waals surface area contributed by atoms with E-state index in [1.165, 1.54) is 22.3 Å². The summed E-state index contributed by atoms with van der Waals surface area (Å²) in [6.07, 6.45) is 4.88. The maximum absolute atomic E-state index is 14.7. The lowest BCUT2D eigenvalue weighted by atomic mass is 9.85. The molecule has 1 unspecified atom stereocenters. The van der Waals surface area contributed by atoms with Gasteiger partial charge >= 0.3 is 12.0 Å². The summed E-state index contributed by atoms with van der Waals surface area (Å²) in [5.74, 6) is -1.97. The van der Waals surface area contributed by atoms with Gasteiger partial charge in [-0.05, 0) is 57.1 Å². The highest BCUT2D eigenvalue weighted by molar-refractivity contribution is 7.14. The summed E-state index contributed by atoms with van der Waals surface area (Å²) < 4.78 is 12.5. The van der Waals surface area contributed by atoms with Crippen LogP contribution in [0, 0.1) is 25.2 Å². The highest BCUT2D eigenvalue weighted by Crippen LogP contribution is 2.45. The summed E-state index contributed by atoms with van der Waals surface area (Å²) in [4.78, 5) is 78.2. The standard InChI is InChI=1S/C43H55N7O8S/c1-10-25-19-43(25,39(54)55)49-37(52)31-17-27(20-50(31)38(53)36(42(6,7)8)48-40(56)44-26-13-11-12-14-26)58-32-18-29(30-21-59-41(46-30)47-33(51)15-22(2)3)45-34-24(5)35(57-9)23(4)16-28(32)34/h10,16,18,21,25-27,31,36H,1-2,11-15,17,19-20H2,3-9H3,(H,49,52)(H,54,55)(H2,44,48,56)(H,46,47,51)/t25?,27-,31+,36-,43-/m1/s1. The lowest BCUT2D eigenvalue weighted by Crippen LogP contribution is -2.60. The number of nitrogens with one attached hydrogen (secondary N) is 4. The SMILES string of the molecule is C=CC1C[C@]1(NC(=O)[C@@H]1C[C@@H](Oc2cc(-c3csc(NC(=O)CC(=C)C)n3)nc3c(C)c(OC)c(C)cc23)CN1C(=O)[C@@H](NC(=O)NC1CCCC1)C(C)(C)C)C(=O)O. The molecule has 316 valence electrons. The molecule has 0 radical (unpaired) electrons. The summed E-state index contributed by atoms with van der Waals surface area (Å²) in [5.41, 5.74) is 1.54. The molecule has 2 aliphatic carbocycles. The minimum Gasteiger partial charge on any atom is -0.496 e. The van der Waals surface area contributed by atoms with Gasteiger partial charge in [-0.25, -0.2) is 19.6 Å². The minimum atomic E-state index is -1.53. The number of carboxylic acid groups (broad SMARTS) is 1. The Balaban J connectivity index is 1.36. The van der Waals surface area contributed by atoms with Crippen LogP contribution in [0.4, 0.5) is 9.93 Å². The number of urea groups is 1. The lowest BCUT2D eigenvalue weighted by molar-refractivity contribution is -0.146. The average Bonchev–Trinajstić information content (AvgIpc) is 3.56. The smallest absolute Gasteiger partial charge is 0.330 e. The van der Waals surface area contributed by atoms with Crippen LogP contribution in [0.25, 0.3) is 22.3 Å². The molecule has 3 heterocycles. The second-order valence-corrected chi connectivity index (χ2v) is 18.0. The number of nitrogens with zero attached hydrogens (tertiary/aromatic N) is 3. The van der Waals surface area contributed by atoms with Crippen molar-refractivity contribution in [1.29, 1.82) is 0 Å². The van der Waals surface area contributed by atoms with Gasteiger partial charge in [0.1, 0.15) is 40.9 Å². The van der Waals surface area contributed by atoms with E-state index in [0.717, 1.165) is 36.8 Å². The number of ether oxygens (including phenoxy) is 2. The van der Waals surface area contributed by atoms with E-state index < -0.39 is 58.9 Å². The third-order valence-electron chi connectivity index (χ3n) is 11.4. The molecule has 3 aromatic rings. The number of amides is 5. The lowest BCUT2D eigenvalue weighted by Gasteiger charge is -2.35. The number of thiazole rings is 1. The van der Waals surface area contributed by atoms with E-state index in [4.69, 9.17) is 14.5 Å². The van der Waals surface area contributed by atoms with Crippen LogP contribution < -0.4 is 30.7 Å². The highest BCUT2D eigenvalue weighted by Gasteiger charge is 2.61. The van der Waals surface area contributed by atoms with Gasteiger partial charge in [0.2, 0.25) is 17.7 Å². The van der Waals surface area contributed by atoms with Crippen LogP contribution in [0.1, 0.15) is 83.8 Å². The predicted octanol–water partition coefficient (Wildman–Crippen LogP) is 6.04. The molecule has 5 amide bonds. The van der Waals surface area contributed by atoms with Crippen molar-refractivity contribution in [3.8, 4) is 22.9 Å². The average molecular weight is 830 g/mol. The van der Waals surface area contributed by atoms with Gasteiger partial charge in [0.25, 0.3) is 0 Å². The molecule has 3 fully saturated rings. The first-order valence-corrected chi connectivity index (χ1v) is 20.8. The Bertz CT molecular complexity index is 2190. The van der Waals surface area contributed by atoms with Gasteiger partial charge in [-0.3, -0.25) is 14.4 Å². The Hall–Kier alpha value is -5.51. The number of benzene rings is 1. The number of likely N-dealkylation sites (tertiary alicyclic amines) is 1. The van der Waals surface area contributed by atoms with Crippen LogP contribution in [0.2, 0.25) is 0 Å². The Kier molecular flexibility index (Phi) is 12.4. The Labute approximate surface area is 348 Å². The molecule has 3 aliphatic rings. The number of aliphatic carboxylic acids is 1. The van der Waals surface area contributed by atoms with Crippen molar-refractivity contribution in [3.05, 3.63) is 53.4 Å². The van der Waals surface area contributed by atoms with Crippen molar-refractivity contribution in [2.45, 2.75) is 116 Å². The minimum absolute atomic E-state index is 0.0147. The topological polar surface area (TPSA) is 201 Å². The number of carboxylic acids is 1. The van der Waals surface area contributed by atoms with E-state index in [9.17, 15) is 29.1 Å². The zero-order valence-corrected chi connectivity index (χ0v) is 35.6. The highest BCUT2D eigenvalue weighted by atomic mass is 32.1. The number of carbonyl (C=O) groups excluding carboxylic acids is 4. The number of aromatic nitrogens is 2. The Morgan fingerprint density at radius 2 is 1.83 bits per heavy atom. The molecule has 5 N–H and O–H groups in total. The molecule has 16 heteroatoms. The van der Waals surface area contributed by atoms with Crippen molar-refractivity contribution in [2.75, 3.05) is 19.0 Å². The number of aryl methyl sites for hydroxylation is 2. The van der Waals surface area contributed by atoms with Gasteiger partial charge in [-0.15, -0.1) is 17.9 Å². The predicted molar refractivity (Wildman–Crippen MR) is 225 cm³/mol. The summed E-state index contributed by atoms with van der Waals surface area (Å²) in [6.45, 7) is 18.6. The third kappa shape index (κ3) is 9.22. The first-order valence-electron chi connectivity index (χ1n) is 20.0. The molecule has 15 nitrogen and oxygen atoms in total. The van der Waals surface area contributed by atoms with Crippen LogP contribution in [-0.4, -0.2) is 93.1 Å². The van der Waals surface area contributed by atoms with Crippen molar-refractivity contribution >= 4 is 57.1 Å². The number of methoxy groups -OCH3 is 1. The van der Waals surface area contributed by atoms with E-state index in [1.807, 2.05) is 40.7 Å². The first-order chi connectivity index (χ1) is 27.8. The molecule has 59 heavy (non-hydrogen) atoms. The van der Waals surface area contributed by atoms with E-state index in [2.05, 4.69) is 39.4 Å². The van der Waals surface area contributed by atoms with Gasteiger partial charge in [-0.2, -0.15) is 0 Å². The molecule has 2 aromatic heterocycles. The van der Waals surface area contributed by atoms with E-state index in [-0.39, 0.29) is 37.8 Å². The van der Waals surface area contributed by atoms with Crippen molar-refractivity contribution in [1.82, 2.24) is 30.8 Å². The van der Waals surface area contributed by atoms with Crippen molar-refractivity contribution in [3.63, 3.8) is 0 Å². The molecule has 0 spiro atoms. The largest absolute Gasteiger partial charge is 0.496 e. The molecule has 1 aromatic carbocycles. The zero-order chi connectivity index (χ0) is 43.0. The van der Waals surface area contributed by atoms with E-state index >= 15 is 0 Å². The van der Waals surface area contributed by atoms with Gasteiger partial charge < -0.3 is 40.7 Å². The Morgan fingerprint density at radius 1 is 1.12 bits per heavy atom. The summed E-state index contributed by atoms with van der Waals surface area (Å²) >= 11 is 1.25. The molecule has 5 atom stereocenters. The van der Waals surface area contributed by atoms with E-state index in [0.29, 0.717) is 44.5 Å². The first kappa shape index (κ1) is 43.1. The van der Waals surface area contributed by atoms with Crippen molar-refractivity contribution < 1.29 is 38.6 Å². The monoisotopic (exact) mass is 829 g/mol.